The molecule has 0 heterocycles. The Morgan fingerprint density at radius 1 is 1.24 bits per heavy atom. The number of hydrogen-bond acceptors (Lipinski definition) is 1. The molecule has 0 amide bonds. The van der Waals surface area contributed by atoms with E-state index < -0.39 is 11.6 Å². The van der Waals surface area contributed by atoms with Gasteiger partial charge in [0.15, 0.2) is 0 Å². The highest BCUT2D eigenvalue weighted by Gasteiger charge is 2.29. The van der Waals surface area contributed by atoms with Gasteiger partial charge >= 0.3 is 0 Å². The lowest BCUT2D eigenvalue weighted by atomic mass is 9.74. The molecular weight excluding hydrogens is 220 g/mol. The molecule has 1 atom stereocenters. The lowest BCUT2D eigenvalue weighted by Gasteiger charge is -2.33. The fourth-order valence-corrected chi connectivity index (χ4v) is 2.58. The van der Waals surface area contributed by atoms with Crippen LogP contribution in [0, 0.1) is 17.0 Å². The molecule has 3 heteroatoms. The fraction of sp³-hybridized carbons (Fsp3) is 0.429. The molecule has 1 aliphatic carbocycles. The van der Waals surface area contributed by atoms with E-state index in [4.69, 9.17) is 5.73 Å². The molecular formula is C14H17F2N. The molecule has 1 aromatic carbocycles. The van der Waals surface area contributed by atoms with Crippen molar-refractivity contribution in [1.29, 1.82) is 0 Å². The van der Waals surface area contributed by atoms with Crippen LogP contribution in [-0.2, 0) is 0 Å². The Morgan fingerprint density at radius 3 is 2.35 bits per heavy atom. The predicted molar refractivity (Wildman–Crippen MR) is 65.3 cm³/mol. The van der Waals surface area contributed by atoms with Gasteiger partial charge in [-0.3, -0.25) is 0 Å². The number of nitrogens with two attached hydrogens (primary N) is 1. The van der Waals surface area contributed by atoms with E-state index in [9.17, 15) is 8.78 Å². The molecule has 0 saturated carbocycles. The Morgan fingerprint density at radius 2 is 1.82 bits per heavy atom. The van der Waals surface area contributed by atoms with Crippen LogP contribution in [0.15, 0.2) is 24.3 Å². The molecule has 0 saturated heterocycles. The highest BCUT2D eigenvalue weighted by molar-refractivity contribution is 5.68. The number of benzene rings is 1. The summed E-state index contributed by atoms with van der Waals surface area (Å²) in [4.78, 5) is 0. The molecule has 0 aromatic heterocycles. The summed E-state index contributed by atoms with van der Waals surface area (Å²) >= 11 is 0. The summed E-state index contributed by atoms with van der Waals surface area (Å²) in [7, 11) is 0. The minimum atomic E-state index is -0.513. The number of allylic oxidation sites excluding steroid dienone is 1. The second kappa shape index (κ2) is 4.22. The lowest BCUT2D eigenvalue weighted by Crippen LogP contribution is -2.30. The first-order valence-electron chi connectivity index (χ1n) is 5.80. The van der Waals surface area contributed by atoms with Gasteiger partial charge in [0.05, 0.1) is 0 Å². The van der Waals surface area contributed by atoms with Gasteiger partial charge in [0.25, 0.3) is 0 Å². The first-order chi connectivity index (χ1) is 7.89. The van der Waals surface area contributed by atoms with E-state index in [-0.39, 0.29) is 17.0 Å². The summed E-state index contributed by atoms with van der Waals surface area (Å²) in [6.45, 7) is 4.14. The number of halogens is 2. The average Bonchev–Trinajstić information content (AvgIpc) is 2.13. The minimum Gasteiger partial charge on any atom is -0.324 e. The normalized spacial score (nSPS) is 23.4. The molecule has 1 nitrogen and oxygen atoms in total. The quantitative estimate of drug-likeness (QED) is 0.795. The molecule has 0 fully saturated rings. The number of rotatable bonds is 1. The highest BCUT2D eigenvalue weighted by atomic mass is 19.1. The van der Waals surface area contributed by atoms with Crippen LogP contribution >= 0.6 is 0 Å². The van der Waals surface area contributed by atoms with Crippen molar-refractivity contribution in [1.82, 2.24) is 0 Å². The van der Waals surface area contributed by atoms with Gasteiger partial charge in [-0.15, -0.1) is 0 Å². The van der Waals surface area contributed by atoms with Crippen molar-refractivity contribution in [2.24, 2.45) is 11.1 Å². The van der Waals surface area contributed by atoms with Crippen LogP contribution in [0.5, 0.6) is 0 Å². The molecule has 17 heavy (non-hydrogen) atoms. The maximum Gasteiger partial charge on any atom is 0.133 e. The third kappa shape index (κ3) is 2.55. The fourth-order valence-electron chi connectivity index (χ4n) is 2.58. The van der Waals surface area contributed by atoms with Crippen molar-refractivity contribution in [3.05, 3.63) is 41.5 Å². The van der Waals surface area contributed by atoms with E-state index >= 15 is 0 Å². The van der Waals surface area contributed by atoms with Crippen molar-refractivity contribution in [2.45, 2.75) is 32.7 Å². The summed E-state index contributed by atoms with van der Waals surface area (Å²) in [5.41, 5.74) is 6.67. The van der Waals surface area contributed by atoms with E-state index in [2.05, 4.69) is 13.8 Å². The van der Waals surface area contributed by atoms with Gasteiger partial charge in [0.2, 0.25) is 0 Å². The topological polar surface area (TPSA) is 26.0 Å². The van der Waals surface area contributed by atoms with Crippen molar-refractivity contribution < 1.29 is 8.78 Å². The lowest BCUT2D eigenvalue weighted by molar-refractivity contribution is 0.318. The zero-order valence-electron chi connectivity index (χ0n) is 10.1. The largest absolute Gasteiger partial charge is 0.324 e. The van der Waals surface area contributed by atoms with Crippen molar-refractivity contribution >= 4 is 5.57 Å². The zero-order chi connectivity index (χ0) is 12.6. The smallest absolute Gasteiger partial charge is 0.133 e. The Bertz CT molecular complexity index is 443. The molecule has 1 aliphatic rings. The Labute approximate surface area is 100 Å². The van der Waals surface area contributed by atoms with Crippen molar-refractivity contribution in [2.75, 3.05) is 0 Å². The molecule has 1 aromatic rings. The predicted octanol–water partition coefficient (Wildman–Crippen LogP) is 3.50. The minimum absolute atomic E-state index is 0.0157. The maximum atomic E-state index is 13.7. The van der Waals surface area contributed by atoms with Gasteiger partial charge < -0.3 is 5.73 Å². The molecule has 1 unspecified atom stereocenters. The van der Waals surface area contributed by atoms with E-state index in [1.165, 1.54) is 18.2 Å². The van der Waals surface area contributed by atoms with E-state index in [0.717, 1.165) is 6.42 Å². The van der Waals surface area contributed by atoms with Crippen LogP contribution < -0.4 is 5.73 Å². The average molecular weight is 237 g/mol. The summed E-state index contributed by atoms with van der Waals surface area (Å²) in [5, 5.41) is 0. The van der Waals surface area contributed by atoms with E-state index in [0.29, 0.717) is 12.0 Å². The highest BCUT2D eigenvalue weighted by Crippen LogP contribution is 2.40. The van der Waals surface area contributed by atoms with Gasteiger partial charge in [-0.2, -0.15) is 0 Å². The van der Waals surface area contributed by atoms with Crippen LogP contribution in [-0.4, -0.2) is 6.04 Å². The Kier molecular flexibility index (Phi) is 3.04. The first-order valence-corrected chi connectivity index (χ1v) is 5.80. The van der Waals surface area contributed by atoms with E-state index in [1.807, 2.05) is 0 Å². The third-order valence-corrected chi connectivity index (χ3v) is 3.16. The molecule has 2 rings (SSSR count). The second-order valence-corrected chi connectivity index (χ2v) is 5.50. The van der Waals surface area contributed by atoms with Gasteiger partial charge in [-0.25, -0.2) is 8.78 Å². The summed E-state index contributed by atoms with van der Waals surface area (Å²) in [6, 6.07) is 3.81. The molecule has 0 radical (unpaired) electrons. The van der Waals surface area contributed by atoms with Gasteiger partial charge in [0.1, 0.15) is 11.6 Å². The van der Waals surface area contributed by atoms with Crippen LogP contribution in [0.25, 0.3) is 5.57 Å². The molecule has 2 N–H and O–H groups in total. The van der Waals surface area contributed by atoms with Gasteiger partial charge in [-0.1, -0.05) is 26.0 Å². The van der Waals surface area contributed by atoms with E-state index in [1.54, 1.807) is 6.08 Å². The number of hydrogen-bond donors (Lipinski definition) is 1. The van der Waals surface area contributed by atoms with Crippen molar-refractivity contribution in [3.63, 3.8) is 0 Å². The maximum absolute atomic E-state index is 13.7. The standard InChI is InChI=1S/C14H17F2N/c1-14(2)7-9(6-10(17)8-14)13-11(15)4-3-5-12(13)16/h3-6,10H,7-8,17H2,1-2H3. The van der Waals surface area contributed by atoms with Crippen LogP contribution in [0.4, 0.5) is 8.78 Å². The summed E-state index contributed by atoms with van der Waals surface area (Å²) in [6.07, 6.45) is 3.28. The van der Waals surface area contributed by atoms with Crippen LogP contribution in [0.3, 0.4) is 0 Å². The molecule has 0 aliphatic heterocycles. The van der Waals surface area contributed by atoms with Gasteiger partial charge in [-0.05, 0) is 36.0 Å². The summed E-state index contributed by atoms with van der Waals surface area (Å²) in [5.74, 6) is -1.03. The SMILES string of the molecule is CC1(C)CC(c2c(F)cccc2F)=CC(N)C1. The van der Waals surface area contributed by atoms with Crippen molar-refractivity contribution in [3.8, 4) is 0 Å². The monoisotopic (exact) mass is 237 g/mol. The first kappa shape index (κ1) is 12.2. The second-order valence-electron chi connectivity index (χ2n) is 5.50. The summed E-state index contributed by atoms with van der Waals surface area (Å²) < 4.78 is 27.4. The molecule has 0 bridgehead atoms. The zero-order valence-corrected chi connectivity index (χ0v) is 10.1. The Balaban J connectivity index is 2.47. The Hall–Kier alpha value is -1.22. The molecule has 0 spiro atoms. The van der Waals surface area contributed by atoms with Crippen LogP contribution in [0.1, 0.15) is 32.3 Å². The third-order valence-electron chi connectivity index (χ3n) is 3.16. The molecule has 92 valence electrons. The van der Waals surface area contributed by atoms with Gasteiger partial charge in [0, 0.05) is 11.6 Å². The van der Waals surface area contributed by atoms with Crippen LogP contribution in [0.2, 0.25) is 0 Å².